The lowest BCUT2D eigenvalue weighted by Gasteiger charge is -2.42. The van der Waals surface area contributed by atoms with Crippen LogP contribution in [0, 0.1) is 0 Å². The van der Waals surface area contributed by atoms with Crippen LogP contribution >= 0.6 is 0 Å². The van der Waals surface area contributed by atoms with E-state index in [-0.39, 0.29) is 6.71 Å². The molecule has 0 aromatic heterocycles. The van der Waals surface area contributed by atoms with E-state index in [0.717, 1.165) is 0 Å². The maximum Gasteiger partial charge on any atom is 0.252 e. The van der Waals surface area contributed by atoms with Gasteiger partial charge in [-0.25, -0.2) is 0 Å². The van der Waals surface area contributed by atoms with Crippen molar-refractivity contribution in [3.63, 3.8) is 0 Å². The number of fused-ring (bicyclic) bond motifs is 7. The van der Waals surface area contributed by atoms with E-state index >= 15 is 0 Å². The second kappa shape index (κ2) is 5.92. The van der Waals surface area contributed by atoms with Gasteiger partial charge in [0.15, 0.2) is 0 Å². The molecule has 2 nitrogen and oxygen atoms in total. The Bertz CT molecular complexity index is 1540. The van der Waals surface area contributed by atoms with E-state index in [1.807, 2.05) is 0 Å². The maximum absolute atomic E-state index is 2.42. The zero-order valence-corrected chi connectivity index (χ0v) is 17.6. The van der Waals surface area contributed by atoms with Crippen molar-refractivity contribution in [2.45, 2.75) is 0 Å². The smallest absolute Gasteiger partial charge is 0.252 e. The minimum absolute atomic E-state index is 0.222. The maximum atomic E-state index is 2.42. The fourth-order valence-corrected chi connectivity index (χ4v) is 5.78. The van der Waals surface area contributed by atoms with Gasteiger partial charge in [0.05, 0.1) is 0 Å². The Morgan fingerprint density at radius 3 is 1.90 bits per heavy atom. The van der Waals surface area contributed by atoms with E-state index in [9.17, 15) is 0 Å². The summed E-state index contributed by atoms with van der Waals surface area (Å²) in [6, 6.07) is 33.6. The van der Waals surface area contributed by atoms with Gasteiger partial charge < -0.3 is 9.80 Å². The van der Waals surface area contributed by atoms with Gasteiger partial charge in [-0.15, -0.1) is 0 Å². The Morgan fingerprint density at radius 2 is 1.13 bits per heavy atom. The van der Waals surface area contributed by atoms with Gasteiger partial charge in [-0.1, -0.05) is 66.7 Å². The second-order valence-electron chi connectivity index (χ2n) is 8.74. The molecule has 0 N–H and O–H groups in total. The van der Waals surface area contributed by atoms with E-state index in [1.165, 1.54) is 60.7 Å². The molecule has 0 saturated heterocycles. The highest BCUT2D eigenvalue weighted by molar-refractivity contribution is 7.01. The monoisotopic (exact) mass is 396 g/mol. The van der Waals surface area contributed by atoms with E-state index in [2.05, 4.69) is 115 Å². The number of anilines is 4. The predicted molar refractivity (Wildman–Crippen MR) is 135 cm³/mol. The summed E-state index contributed by atoms with van der Waals surface area (Å²) in [5.41, 5.74) is 9.44. The van der Waals surface area contributed by atoms with Gasteiger partial charge in [0, 0.05) is 36.8 Å². The molecule has 0 aliphatic carbocycles. The average molecular weight is 396 g/mol. The van der Waals surface area contributed by atoms with Gasteiger partial charge in [-0.2, -0.15) is 0 Å². The Labute approximate surface area is 182 Å². The zero-order chi connectivity index (χ0) is 20.7. The first-order valence-electron chi connectivity index (χ1n) is 10.9. The van der Waals surface area contributed by atoms with E-state index in [1.54, 1.807) is 0 Å². The summed E-state index contributed by atoms with van der Waals surface area (Å²) in [4.78, 5) is 4.75. The molecule has 146 valence electrons. The van der Waals surface area contributed by atoms with Crippen molar-refractivity contribution in [2.75, 3.05) is 23.9 Å². The summed E-state index contributed by atoms with van der Waals surface area (Å²) in [6.45, 7) is 0.222. The summed E-state index contributed by atoms with van der Waals surface area (Å²) in [7, 11) is 4.41. The molecule has 5 aromatic rings. The van der Waals surface area contributed by atoms with Crippen LogP contribution < -0.4 is 26.2 Å². The van der Waals surface area contributed by atoms with Gasteiger partial charge in [0.25, 0.3) is 6.71 Å². The zero-order valence-electron chi connectivity index (χ0n) is 17.6. The third-order valence-electron chi connectivity index (χ3n) is 7.24. The Kier molecular flexibility index (Phi) is 3.25. The molecule has 0 saturated carbocycles. The first-order valence-corrected chi connectivity index (χ1v) is 10.9. The number of benzene rings is 5. The number of hydrogen-bond donors (Lipinski definition) is 0. The Morgan fingerprint density at radius 1 is 0.516 bits per heavy atom. The molecule has 7 rings (SSSR count). The molecule has 2 aliphatic rings. The van der Waals surface area contributed by atoms with Crippen molar-refractivity contribution in [3.8, 4) is 0 Å². The summed E-state index contributed by atoms with van der Waals surface area (Å²) >= 11 is 0. The largest absolute Gasteiger partial charge is 0.345 e. The van der Waals surface area contributed by atoms with Crippen molar-refractivity contribution >= 4 is 67.4 Å². The lowest BCUT2D eigenvalue weighted by Crippen LogP contribution is -2.61. The minimum Gasteiger partial charge on any atom is -0.345 e. The van der Waals surface area contributed by atoms with E-state index in [0.29, 0.717) is 0 Å². The van der Waals surface area contributed by atoms with E-state index in [4.69, 9.17) is 0 Å². The van der Waals surface area contributed by atoms with Crippen molar-refractivity contribution in [1.29, 1.82) is 0 Å². The van der Waals surface area contributed by atoms with Crippen LogP contribution in [0.15, 0.2) is 91.0 Å². The fourth-order valence-electron chi connectivity index (χ4n) is 5.78. The van der Waals surface area contributed by atoms with E-state index < -0.39 is 0 Å². The topological polar surface area (TPSA) is 6.48 Å². The first-order chi connectivity index (χ1) is 15.2. The lowest BCUT2D eigenvalue weighted by atomic mass is 9.33. The highest BCUT2D eigenvalue weighted by Gasteiger charge is 2.41. The molecule has 0 unspecified atom stereocenters. The summed E-state index contributed by atoms with van der Waals surface area (Å²) < 4.78 is 0. The Hall–Kier alpha value is -3.72. The van der Waals surface area contributed by atoms with Crippen LogP contribution in [0.4, 0.5) is 22.7 Å². The van der Waals surface area contributed by atoms with Crippen LogP contribution in [-0.4, -0.2) is 20.8 Å². The van der Waals surface area contributed by atoms with Crippen LogP contribution in [0.5, 0.6) is 0 Å². The highest BCUT2D eigenvalue weighted by atomic mass is 15.1. The van der Waals surface area contributed by atoms with Gasteiger partial charge in [0.2, 0.25) is 0 Å². The molecular formula is C28H21BN2. The number of hydrogen-bond acceptors (Lipinski definition) is 2. The van der Waals surface area contributed by atoms with Crippen LogP contribution in [0.2, 0.25) is 0 Å². The number of rotatable bonds is 0. The number of nitrogens with zero attached hydrogens (tertiary/aromatic N) is 2. The fraction of sp³-hybridized carbons (Fsp3) is 0.0714. The first kappa shape index (κ1) is 17.0. The molecular weight excluding hydrogens is 375 g/mol. The van der Waals surface area contributed by atoms with Gasteiger partial charge >= 0.3 is 0 Å². The molecule has 0 radical (unpaired) electrons. The third kappa shape index (κ3) is 2.13. The SMILES string of the molecule is CN1c2cc3ccccc3cc2B2c3c1cccc3N(C)c1ccc3ccccc3c12. The van der Waals surface area contributed by atoms with Crippen molar-refractivity contribution in [1.82, 2.24) is 0 Å². The van der Waals surface area contributed by atoms with Crippen LogP contribution in [0.25, 0.3) is 21.5 Å². The standard InChI is InChI=1S/C28H21BN2/c1-30-23-12-7-13-24-28(23)29(27-21-11-6-5-8-18(21)14-15-25(27)30)22-16-19-9-3-4-10-20(19)17-26(22)31(24)2/h3-17H,1-2H3. The lowest BCUT2D eigenvalue weighted by molar-refractivity contribution is 1.18. The quantitative estimate of drug-likeness (QED) is 0.351. The molecule has 3 heteroatoms. The average Bonchev–Trinajstić information content (AvgIpc) is 2.82. The van der Waals surface area contributed by atoms with Gasteiger partial charge in [-0.3, -0.25) is 0 Å². The van der Waals surface area contributed by atoms with Crippen molar-refractivity contribution < 1.29 is 0 Å². The van der Waals surface area contributed by atoms with Crippen LogP contribution in [0.1, 0.15) is 0 Å². The summed E-state index contributed by atoms with van der Waals surface area (Å²) in [6.07, 6.45) is 0. The molecule has 2 heterocycles. The van der Waals surface area contributed by atoms with Crippen molar-refractivity contribution in [3.05, 3.63) is 91.0 Å². The van der Waals surface area contributed by atoms with Crippen LogP contribution in [0.3, 0.4) is 0 Å². The third-order valence-corrected chi connectivity index (χ3v) is 7.24. The van der Waals surface area contributed by atoms with Crippen LogP contribution in [-0.2, 0) is 0 Å². The molecule has 31 heavy (non-hydrogen) atoms. The van der Waals surface area contributed by atoms with Crippen molar-refractivity contribution in [2.24, 2.45) is 0 Å². The summed E-state index contributed by atoms with van der Waals surface area (Å²) in [5.74, 6) is 0. The normalized spacial score (nSPS) is 13.9. The molecule has 0 amide bonds. The molecule has 5 aromatic carbocycles. The molecule has 0 atom stereocenters. The highest BCUT2D eigenvalue weighted by Crippen LogP contribution is 2.38. The second-order valence-corrected chi connectivity index (χ2v) is 8.74. The predicted octanol–water partition coefficient (Wildman–Crippen LogP) is 4.67. The molecule has 0 bridgehead atoms. The molecule has 0 spiro atoms. The van der Waals surface area contributed by atoms with Gasteiger partial charge in [-0.05, 0) is 62.2 Å². The Balaban J connectivity index is 1.66. The molecule has 0 fully saturated rings. The molecule has 2 aliphatic heterocycles. The van der Waals surface area contributed by atoms with Gasteiger partial charge in [0.1, 0.15) is 0 Å². The minimum atomic E-state index is 0.222. The summed E-state index contributed by atoms with van der Waals surface area (Å²) in [5, 5.41) is 5.24.